The SMILES string of the molecule is CC(N)C1CCCCN1S(=O)(=O)c1ccc(Cl)c(C(F)(F)F)c1.Cl. The van der Waals surface area contributed by atoms with E-state index in [1.807, 2.05) is 0 Å². The quantitative estimate of drug-likeness (QED) is 0.832. The second-order valence-electron chi connectivity index (χ2n) is 5.68. The fraction of sp³-hybridized carbons (Fsp3) is 0.571. The van der Waals surface area contributed by atoms with Gasteiger partial charge in [-0.2, -0.15) is 17.5 Å². The van der Waals surface area contributed by atoms with Gasteiger partial charge < -0.3 is 5.73 Å². The molecule has 2 rings (SSSR count). The molecule has 0 aromatic heterocycles. The molecule has 10 heteroatoms. The van der Waals surface area contributed by atoms with Crippen molar-refractivity contribution in [3.63, 3.8) is 0 Å². The Morgan fingerprint density at radius 3 is 2.50 bits per heavy atom. The predicted octanol–water partition coefficient (Wildman–Crippen LogP) is 3.67. The Kier molecular flexibility index (Phi) is 6.97. The average Bonchev–Trinajstić information content (AvgIpc) is 2.46. The van der Waals surface area contributed by atoms with E-state index in [2.05, 4.69) is 0 Å². The molecule has 24 heavy (non-hydrogen) atoms. The molecule has 1 fully saturated rings. The number of benzene rings is 1. The highest BCUT2D eigenvalue weighted by molar-refractivity contribution is 7.89. The van der Waals surface area contributed by atoms with E-state index in [1.54, 1.807) is 6.92 Å². The second kappa shape index (κ2) is 7.78. The van der Waals surface area contributed by atoms with Crippen LogP contribution in [0.5, 0.6) is 0 Å². The van der Waals surface area contributed by atoms with Crippen molar-refractivity contribution in [1.82, 2.24) is 4.31 Å². The Bertz CT molecular complexity index is 681. The normalized spacial score (nSPS) is 21.2. The van der Waals surface area contributed by atoms with Crippen molar-refractivity contribution in [1.29, 1.82) is 0 Å². The molecule has 0 bridgehead atoms. The number of nitrogens with two attached hydrogens (primary N) is 1. The van der Waals surface area contributed by atoms with Crippen LogP contribution in [0.2, 0.25) is 5.02 Å². The van der Waals surface area contributed by atoms with Crippen molar-refractivity contribution in [3.8, 4) is 0 Å². The van der Waals surface area contributed by atoms with Gasteiger partial charge in [-0.15, -0.1) is 12.4 Å². The van der Waals surface area contributed by atoms with E-state index in [9.17, 15) is 21.6 Å². The summed E-state index contributed by atoms with van der Waals surface area (Å²) < 4.78 is 65.6. The number of hydrogen-bond acceptors (Lipinski definition) is 3. The lowest BCUT2D eigenvalue weighted by molar-refractivity contribution is -0.137. The molecule has 0 spiro atoms. The van der Waals surface area contributed by atoms with Crippen molar-refractivity contribution >= 4 is 34.0 Å². The zero-order chi connectivity index (χ0) is 17.4. The zero-order valence-electron chi connectivity index (χ0n) is 12.9. The minimum absolute atomic E-state index is 0. The van der Waals surface area contributed by atoms with E-state index in [0.29, 0.717) is 18.9 Å². The molecule has 0 aliphatic carbocycles. The monoisotopic (exact) mass is 406 g/mol. The van der Waals surface area contributed by atoms with Crippen LogP contribution in [-0.4, -0.2) is 31.4 Å². The number of halogens is 5. The van der Waals surface area contributed by atoms with Gasteiger partial charge in [0, 0.05) is 18.6 Å². The van der Waals surface area contributed by atoms with Gasteiger partial charge in [0.15, 0.2) is 0 Å². The maximum atomic E-state index is 13.0. The van der Waals surface area contributed by atoms with E-state index in [-0.39, 0.29) is 19.0 Å². The number of sulfonamides is 1. The lowest BCUT2D eigenvalue weighted by atomic mass is 10.00. The summed E-state index contributed by atoms with van der Waals surface area (Å²) in [5.41, 5.74) is 4.69. The number of alkyl halides is 3. The first-order chi connectivity index (χ1) is 10.5. The summed E-state index contributed by atoms with van der Waals surface area (Å²) in [6.45, 7) is 1.94. The van der Waals surface area contributed by atoms with Gasteiger partial charge in [0.05, 0.1) is 15.5 Å². The maximum absolute atomic E-state index is 13.0. The smallest absolute Gasteiger partial charge is 0.326 e. The Labute approximate surface area is 150 Å². The second-order valence-corrected chi connectivity index (χ2v) is 7.98. The molecule has 2 unspecified atom stereocenters. The van der Waals surface area contributed by atoms with Crippen LogP contribution in [0.1, 0.15) is 31.7 Å². The third-order valence-corrected chi connectivity index (χ3v) is 6.21. The molecule has 1 aromatic carbocycles. The Balaban J connectivity index is 0.00000288. The van der Waals surface area contributed by atoms with Gasteiger partial charge in [-0.1, -0.05) is 18.0 Å². The highest BCUT2D eigenvalue weighted by atomic mass is 35.5. The molecule has 1 aromatic rings. The molecule has 2 atom stereocenters. The fourth-order valence-corrected chi connectivity index (χ4v) is 4.80. The topological polar surface area (TPSA) is 63.4 Å². The summed E-state index contributed by atoms with van der Waals surface area (Å²) in [6.07, 6.45) is -2.63. The van der Waals surface area contributed by atoms with Gasteiger partial charge in [0.2, 0.25) is 10.0 Å². The molecule has 0 amide bonds. The Hall–Kier alpha value is -0.540. The highest BCUT2D eigenvalue weighted by Crippen LogP contribution is 2.37. The van der Waals surface area contributed by atoms with Crippen LogP contribution in [0.4, 0.5) is 13.2 Å². The third kappa shape index (κ3) is 4.35. The van der Waals surface area contributed by atoms with Crippen molar-refractivity contribution < 1.29 is 21.6 Å². The number of piperidine rings is 1. The Morgan fingerprint density at radius 1 is 1.33 bits per heavy atom. The van der Waals surface area contributed by atoms with E-state index in [4.69, 9.17) is 17.3 Å². The summed E-state index contributed by atoms with van der Waals surface area (Å²) in [4.78, 5) is -0.415. The summed E-state index contributed by atoms with van der Waals surface area (Å²) in [7, 11) is -4.06. The highest BCUT2D eigenvalue weighted by Gasteiger charge is 2.38. The van der Waals surface area contributed by atoms with E-state index < -0.39 is 43.8 Å². The number of rotatable bonds is 3. The fourth-order valence-electron chi connectivity index (χ4n) is 2.77. The predicted molar refractivity (Wildman–Crippen MR) is 88.9 cm³/mol. The van der Waals surface area contributed by atoms with Crippen LogP contribution in [0.25, 0.3) is 0 Å². The summed E-state index contributed by atoms with van der Waals surface area (Å²) in [6, 6.07) is 1.82. The van der Waals surface area contributed by atoms with E-state index >= 15 is 0 Å². The lowest BCUT2D eigenvalue weighted by Crippen LogP contribution is -2.51. The average molecular weight is 407 g/mol. The van der Waals surface area contributed by atoms with Crippen LogP contribution in [0, 0.1) is 0 Å². The maximum Gasteiger partial charge on any atom is 0.417 e. The molecule has 4 nitrogen and oxygen atoms in total. The first-order valence-corrected chi connectivity index (χ1v) is 9.01. The lowest BCUT2D eigenvalue weighted by Gasteiger charge is -2.37. The van der Waals surface area contributed by atoms with Crippen molar-refractivity contribution in [2.75, 3.05) is 6.54 Å². The molecular formula is C14H19Cl2F3N2O2S. The van der Waals surface area contributed by atoms with Crippen LogP contribution >= 0.6 is 24.0 Å². The van der Waals surface area contributed by atoms with Gasteiger partial charge in [-0.3, -0.25) is 0 Å². The molecular weight excluding hydrogens is 388 g/mol. The van der Waals surface area contributed by atoms with Gasteiger partial charge in [-0.25, -0.2) is 8.42 Å². The largest absolute Gasteiger partial charge is 0.417 e. The molecule has 1 heterocycles. The zero-order valence-corrected chi connectivity index (χ0v) is 15.3. The van der Waals surface area contributed by atoms with Crippen molar-refractivity contribution in [2.24, 2.45) is 5.73 Å². The summed E-state index contributed by atoms with van der Waals surface area (Å²) in [5.74, 6) is 0. The Morgan fingerprint density at radius 2 is 1.96 bits per heavy atom. The third-order valence-electron chi connectivity index (χ3n) is 3.96. The molecule has 1 aliphatic rings. The van der Waals surface area contributed by atoms with Gasteiger partial charge in [0.25, 0.3) is 0 Å². The molecule has 0 radical (unpaired) electrons. The molecule has 1 saturated heterocycles. The van der Waals surface area contributed by atoms with Gasteiger partial charge >= 0.3 is 6.18 Å². The van der Waals surface area contributed by atoms with Crippen LogP contribution in [0.3, 0.4) is 0 Å². The van der Waals surface area contributed by atoms with Crippen LogP contribution < -0.4 is 5.73 Å². The summed E-state index contributed by atoms with van der Waals surface area (Å²) in [5, 5.41) is -0.529. The summed E-state index contributed by atoms with van der Waals surface area (Å²) >= 11 is 5.55. The van der Waals surface area contributed by atoms with E-state index in [1.165, 1.54) is 4.31 Å². The molecule has 1 aliphatic heterocycles. The first-order valence-electron chi connectivity index (χ1n) is 7.19. The van der Waals surface area contributed by atoms with Crippen molar-refractivity contribution in [2.45, 2.75) is 49.3 Å². The van der Waals surface area contributed by atoms with Crippen LogP contribution in [-0.2, 0) is 16.2 Å². The van der Waals surface area contributed by atoms with Gasteiger partial charge in [0.1, 0.15) is 0 Å². The van der Waals surface area contributed by atoms with Gasteiger partial charge in [-0.05, 0) is 38.0 Å². The minimum atomic E-state index is -4.72. The number of hydrogen-bond donors (Lipinski definition) is 1. The first kappa shape index (κ1) is 21.5. The molecule has 2 N–H and O–H groups in total. The number of nitrogens with zero attached hydrogens (tertiary/aromatic N) is 1. The molecule has 0 saturated carbocycles. The minimum Gasteiger partial charge on any atom is -0.326 e. The van der Waals surface area contributed by atoms with E-state index in [0.717, 1.165) is 18.6 Å². The van der Waals surface area contributed by atoms with Crippen LogP contribution in [0.15, 0.2) is 23.1 Å². The van der Waals surface area contributed by atoms with Crippen molar-refractivity contribution in [3.05, 3.63) is 28.8 Å². The molecule has 138 valence electrons. The standard InChI is InChI=1S/C14H18ClF3N2O2S.ClH/c1-9(19)13-4-2-3-7-20(13)23(21,22)10-5-6-12(15)11(8-10)14(16,17)18;/h5-6,8-9,13H,2-4,7,19H2,1H3;1H.